The van der Waals surface area contributed by atoms with E-state index in [1.807, 2.05) is 13.0 Å². The number of benzene rings is 1. The maximum Gasteiger partial charge on any atom is 0.321 e. The van der Waals surface area contributed by atoms with Crippen LogP contribution in [0.25, 0.3) is 0 Å². The number of carbonyl (C=O) groups is 1. The third-order valence-corrected chi connectivity index (χ3v) is 3.47. The molecule has 0 spiro atoms. The summed E-state index contributed by atoms with van der Waals surface area (Å²) in [5.74, 6) is -1.07. The average Bonchev–Trinajstić information content (AvgIpc) is 2.73. The minimum atomic E-state index is -0.937. The summed E-state index contributed by atoms with van der Waals surface area (Å²) in [6.07, 6.45) is 3.46. The first kappa shape index (κ1) is 11.1. The molecule has 1 aromatic carbocycles. The molecular weight excluding hydrogens is 202 g/mol. The van der Waals surface area contributed by atoms with Crippen molar-refractivity contribution in [2.45, 2.75) is 38.1 Å². The van der Waals surface area contributed by atoms with Gasteiger partial charge in [0.15, 0.2) is 0 Å². The number of nitrogens with two attached hydrogens (primary N) is 1. The van der Waals surface area contributed by atoms with Crippen molar-refractivity contribution in [3.8, 4) is 0 Å². The lowest BCUT2D eigenvalue weighted by atomic mass is 9.91. The average molecular weight is 219 g/mol. The van der Waals surface area contributed by atoms with Crippen LogP contribution in [0.4, 0.5) is 0 Å². The van der Waals surface area contributed by atoms with Gasteiger partial charge in [-0.15, -0.1) is 0 Å². The molecule has 2 unspecified atom stereocenters. The fraction of sp³-hybridized carbons (Fsp3) is 0.462. The molecule has 3 nitrogen and oxygen atoms in total. The molecule has 1 aliphatic rings. The molecule has 16 heavy (non-hydrogen) atoms. The highest BCUT2D eigenvalue weighted by Gasteiger charge is 2.22. The van der Waals surface area contributed by atoms with Crippen LogP contribution in [0, 0.1) is 0 Å². The molecule has 3 heteroatoms. The van der Waals surface area contributed by atoms with Crippen LogP contribution in [0.15, 0.2) is 18.2 Å². The fourth-order valence-corrected chi connectivity index (χ4v) is 2.30. The molecule has 0 aromatic heterocycles. The molecule has 0 bridgehead atoms. The normalized spacial score (nSPS) is 17.9. The van der Waals surface area contributed by atoms with Crippen molar-refractivity contribution in [2.75, 3.05) is 0 Å². The van der Waals surface area contributed by atoms with E-state index in [2.05, 4.69) is 12.1 Å². The maximum absolute atomic E-state index is 10.8. The van der Waals surface area contributed by atoms with Gasteiger partial charge in [-0.3, -0.25) is 4.79 Å². The number of fused-ring (bicyclic) bond motifs is 1. The summed E-state index contributed by atoms with van der Waals surface area (Å²) in [4.78, 5) is 10.8. The Morgan fingerprint density at radius 2 is 2.06 bits per heavy atom. The standard InChI is InChI=1S/C13H17NO2/c1-8(12(14)13(15)16)10-6-5-9-3-2-4-11(9)7-10/h5-8,12H,2-4,14H2,1H3,(H,15,16). The molecule has 3 N–H and O–H groups in total. The highest BCUT2D eigenvalue weighted by molar-refractivity contribution is 5.74. The van der Waals surface area contributed by atoms with Crippen LogP contribution < -0.4 is 5.73 Å². The van der Waals surface area contributed by atoms with E-state index in [4.69, 9.17) is 10.8 Å². The molecule has 0 saturated carbocycles. The van der Waals surface area contributed by atoms with Gasteiger partial charge in [-0.1, -0.05) is 25.1 Å². The van der Waals surface area contributed by atoms with Crippen molar-refractivity contribution in [3.05, 3.63) is 34.9 Å². The van der Waals surface area contributed by atoms with E-state index < -0.39 is 12.0 Å². The minimum Gasteiger partial charge on any atom is -0.480 e. The molecular formula is C13H17NO2. The Morgan fingerprint density at radius 3 is 2.75 bits per heavy atom. The molecule has 86 valence electrons. The quantitative estimate of drug-likeness (QED) is 0.813. The predicted octanol–water partition coefficient (Wildman–Crippen LogP) is 1.69. The first-order valence-electron chi connectivity index (χ1n) is 5.69. The van der Waals surface area contributed by atoms with Crippen LogP contribution in [0.1, 0.15) is 36.0 Å². The lowest BCUT2D eigenvalue weighted by molar-refractivity contribution is -0.139. The van der Waals surface area contributed by atoms with Gasteiger partial charge in [-0.05, 0) is 36.0 Å². The summed E-state index contributed by atoms with van der Waals surface area (Å²) in [5.41, 5.74) is 9.44. The summed E-state index contributed by atoms with van der Waals surface area (Å²) >= 11 is 0. The number of hydrogen-bond acceptors (Lipinski definition) is 2. The minimum absolute atomic E-state index is 0.136. The van der Waals surface area contributed by atoms with Crippen LogP contribution in [-0.4, -0.2) is 17.1 Å². The summed E-state index contributed by atoms with van der Waals surface area (Å²) in [6.45, 7) is 1.87. The molecule has 2 rings (SSSR count). The van der Waals surface area contributed by atoms with E-state index in [0.717, 1.165) is 18.4 Å². The molecule has 1 aromatic rings. The van der Waals surface area contributed by atoms with Gasteiger partial charge in [-0.2, -0.15) is 0 Å². The highest BCUT2D eigenvalue weighted by Crippen LogP contribution is 2.27. The Labute approximate surface area is 95.3 Å². The van der Waals surface area contributed by atoms with Crippen molar-refractivity contribution in [1.29, 1.82) is 0 Å². The Kier molecular flexibility index (Phi) is 2.97. The number of aliphatic carboxylic acids is 1. The number of hydrogen-bond donors (Lipinski definition) is 2. The van der Waals surface area contributed by atoms with E-state index in [0.29, 0.717) is 0 Å². The molecule has 2 atom stereocenters. The second-order valence-corrected chi connectivity index (χ2v) is 4.53. The third kappa shape index (κ3) is 1.95. The van der Waals surface area contributed by atoms with Gasteiger partial charge in [0, 0.05) is 5.92 Å². The zero-order chi connectivity index (χ0) is 11.7. The van der Waals surface area contributed by atoms with Gasteiger partial charge in [0.05, 0.1) is 0 Å². The van der Waals surface area contributed by atoms with Gasteiger partial charge in [0.2, 0.25) is 0 Å². The maximum atomic E-state index is 10.8. The van der Waals surface area contributed by atoms with Crippen LogP contribution in [-0.2, 0) is 17.6 Å². The Bertz CT molecular complexity index is 414. The van der Waals surface area contributed by atoms with E-state index >= 15 is 0 Å². The van der Waals surface area contributed by atoms with E-state index in [1.165, 1.54) is 17.5 Å². The largest absolute Gasteiger partial charge is 0.480 e. The Balaban J connectivity index is 2.24. The van der Waals surface area contributed by atoms with Crippen LogP contribution >= 0.6 is 0 Å². The zero-order valence-corrected chi connectivity index (χ0v) is 9.44. The smallest absolute Gasteiger partial charge is 0.321 e. The van der Waals surface area contributed by atoms with E-state index in [9.17, 15) is 4.79 Å². The van der Waals surface area contributed by atoms with Gasteiger partial charge < -0.3 is 10.8 Å². The molecule has 0 heterocycles. The molecule has 0 fully saturated rings. The number of carboxylic acid groups (broad SMARTS) is 1. The number of rotatable bonds is 3. The first-order valence-corrected chi connectivity index (χ1v) is 5.69. The lowest BCUT2D eigenvalue weighted by Gasteiger charge is -2.17. The topological polar surface area (TPSA) is 63.3 Å². The van der Waals surface area contributed by atoms with E-state index in [-0.39, 0.29) is 5.92 Å². The molecule has 0 saturated heterocycles. The molecule has 0 aliphatic heterocycles. The molecule has 1 aliphatic carbocycles. The Morgan fingerprint density at radius 1 is 1.38 bits per heavy atom. The number of aryl methyl sites for hydroxylation is 2. The van der Waals surface area contributed by atoms with Crippen molar-refractivity contribution < 1.29 is 9.90 Å². The third-order valence-electron chi connectivity index (χ3n) is 3.47. The zero-order valence-electron chi connectivity index (χ0n) is 9.44. The van der Waals surface area contributed by atoms with Crippen molar-refractivity contribution >= 4 is 5.97 Å². The summed E-state index contributed by atoms with van der Waals surface area (Å²) < 4.78 is 0. The van der Waals surface area contributed by atoms with Crippen LogP contribution in [0.2, 0.25) is 0 Å². The number of carboxylic acids is 1. The van der Waals surface area contributed by atoms with Gasteiger partial charge >= 0.3 is 5.97 Å². The van der Waals surface area contributed by atoms with Crippen molar-refractivity contribution in [2.24, 2.45) is 5.73 Å². The fourth-order valence-electron chi connectivity index (χ4n) is 2.30. The summed E-state index contributed by atoms with van der Waals surface area (Å²) in [7, 11) is 0. The van der Waals surface area contributed by atoms with Gasteiger partial charge in [0.1, 0.15) is 6.04 Å². The SMILES string of the molecule is CC(c1ccc2c(c1)CCC2)C(N)C(=O)O. The highest BCUT2D eigenvalue weighted by atomic mass is 16.4. The monoisotopic (exact) mass is 219 g/mol. The van der Waals surface area contributed by atoms with E-state index in [1.54, 1.807) is 0 Å². The second kappa shape index (κ2) is 4.26. The summed E-state index contributed by atoms with van der Waals surface area (Å²) in [5, 5.41) is 8.88. The summed E-state index contributed by atoms with van der Waals surface area (Å²) in [6, 6.07) is 5.43. The van der Waals surface area contributed by atoms with Crippen LogP contribution in [0.5, 0.6) is 0 Å². The second-order valence-electron chi connectivity index (χ2n) is 4.53. The molecule has 0 radical (unpaired) electrons. The predicted molar refractivity (Wildman–Crippen MR) is 62.5 cm³/mol. The van der Waals surface area contributed by atoms with Gasteiger partial charge in [-0.25, -0.2) is 0 Å². The van der Waals surface area contributed by atoms with Crippen LogP contribution in [0.3, 0.4) is 0 Å². The van der Waals surface area contributed by atoms with Gasteiger partial charge in [0.25, 0.3) is 0 Å². The van der Waals surface area contributed by atoms with Crippen molar-refractivity contribution in [1.82, 2.24) is 0 Å². The first-order chi connectivity index (χ1) is 7.59. The van der Waals surface area contributed by atoms with Crippen molar-refractivity contribution in [3.63, 3.8) is 0 Å². The lowest BCUT2D eigenvalue weighted by Crippen LogP contribution is -2.35. The Hall–Kier alpha value is -1.35. The molecule has 0 amide bonds.